The standard InChI is InChI=1S/C13H21N5O2/c1-14-12(19)10-17-3-5-18(6-4-17)13(20)7-11-8-15-16(2)9-11/h8-9H,3-7,10H2,1-2H3,(H,14,19). The van der Waals surface area contributed by atoms with Crippen molar-refractivity contribution >= 4 is 11.8 Å². The van der Waals surface area contributed by atoms with Gasteiger partial charge in [0.25, 0.3) is 0 Å². The first kappa shape index (κ1) is 14.5. The lowest BCUT2D eigenvalue weighted by Crippen LogP contribution is -2.51. The highest BCUT2D eigenvalue weighted by molar-refractivity contribution is 5.79. The Morgan fingerprint density at radius 3 is 2.55 bits per heavy atom. The van der Waals surface area contributed by atoms with Crippen molar-refractivity contribution in [2.24, 2.45) is 7.05 Å². The number of likely N-dealkylation sites (N-methyl/N-ethyl adjacent to an activating group) is 1. The predicted octanol–water partition coefficient (Wildman–Crippen LogP) is -1.15. The SMILES string of the molecule is CNC(=O)CN1CCN(C(=O)Cc2cnn(C)c2)CC1. The van der Waals surface area contributed by atoms with Crippen molar-refractivity contribution in [3.8, 4) is 0 Å². The zero-order valence-corrected chi connectivity index (χ0v) is 12.0. The van der Waals surface area contributed by atoms with Gasteiger partial charge in [-0.1, -0.05) is 0 Å². The number of hydrogen-bond acceptors (Lipinski definition) is 4. The van der Waals surface area contributed by atoms with E-state index in [2.05, 4.69) is 15.3 Å². The number of piperazine rings is 1. The Labute approximate surface area is 118 Å². The van der Waals surface area contributed by atoms with Crippen LogP contribution in [0.1, 0.15) is 5.56 Å². The molecule has 1 aliphatic heterocycles. The van der Waals surface area contributed by atoms with Crippen molar-refractivity contribution in [1.29, 1.82) is 0 Å². The monoisotopic (exact) mass is 279 g/mol. The van der Waals surface area contributed by atoms with Gasteiger partial charge in [-0.2, -0.15) is 5.10 Å². The molecule has 0 aromatic carbocycles. The lowest BCUT2D eigenvalue weighted by Gasteiger charge is -2.34. The van der Waals surface area contributed by atoms with E-state index in [9.17, 15) is 9.59 Å². The predicted molar refractivity (Wildman–Crippen MR) is 74.0 cm³/mol. The zero-order chi connectivity index (χ0) is 14.5. The van der Waals surface area contributed by atoms with Crippen LogP contribution in [0.15, 0.2) is 12.4 Å². The average molecular weight is 279 g/mol. The zero-order valence-electron chi connectivity index (χ0n) is 12.0. The smallest absolute Gasteiger partial charge is 0.233 e. The van der Waals surface area contributed by atoms with Gasteiger partial charge in [0.15, 0.2) is 0 Å². The molecule has 110 valence electrons. The van der Waals surface area contributed by atoms with E-state index in [1.54, 1.807) is 17.9 Å². The first-order valence-electron chi connectivity index (χ1n) is 6.76. The minimum Gasteiger partial charge on any atom is -0.358 e. The average Bonchev–Trinajstić information content (AvgIpc) is 2.84. The molecular formula is C13H21N5O2. The molecule has 1 aromatic heterocycles. The van der Waals surface area contributed by atoms with Crippen LogP contribution in [0.5, 0.6) is 0 Å². The maximum absolute atomic E-state index is 12.2. The van der Waals surface area contributed by atoms with Crippen LogP contribution >= 0.6 is 0 Å². The van der Waals surface area contributed by atoms with Crippen LogP contribution in [0.2, 0.25) is 0 Å². The van der Waals surface area contributed by atoms with Gasteiger partial charge >= 0.3 is 0 Å². The molecule has 7 heteroatoms. The van der Waals surface area contributed by atoms with Crippen molar-refractivity contribution in [2.75, 3.05) is 39.8 Å². The van der Waals surface area contributed by atoms with E-state index in [4.69, 9.17) is 0 Å². The van der Waals surface area contributed by atoms with E-state index in [0.29, 0.717) is 26.1 Å². The van der Waals surface area contributed by atoms with Crippen molar-refractivity contribution in [3.63, 3.8) is 0 Å². The third-order valence-corrected chi connectivity index (χ3v) is 3.48. The molecule has 0 spiro atoms. The molecular weight excluding hydrogens is 258 g/mol. The Hall–Kier alpha value is -1.89. The van der Waals surface area contributed by atoms with Crippen LogP contribution in [0.25, 0.3) is 0 Å². The van der Waals surface area contributed by atoms with Crippen LogP contribution in [0.3, 0.4) is 0 Å². The summed E-state index contributed by atoms with van der Waals surface area (Å²) in [7, 11) is 3.47. The molecule has 0 radical (unpaired) electrons. The summed E-state index contributed by atoms with van der Waals surface area (Å²) in [6, 6.07) is 0. The summed E-state index contributed by atoms with van der Waals surface area (Å²) in [5.74, 6) is 0.137. The number of hydrogen-bond donors (Lipinski definition) is 1. The van der Waals surface area contributed by atoms with Crippen LogP contribution < -0.4 is 5.32 Å². The molecule has 2 amide bonds. The van der Waals surface area contributed by atoms with Gasteiger partial charge in [0.1, 0.15) is 0 Å². The Morgan fingerprint density at radius 1 is 1.30 bits per heavy atom. The van der Waals surface area contributed by atoms with Crippen molar-refractivity contribution in [3.05, 3.63) is 18.0 Å². The van der Waals surface area contributed by atoms with Gasteiger partial charge in [0.05, 0.1) is 19.2 Å². The fraction of sp³-hybridized carbons (Fsp3) is 0.615. The first-order chi connectivity index (χ1) is 9.58. The van der Waals surface area contributed by atoms with E-state index < -0.39 is 0 Å². The highest BCUT2D eigenvalue weighted by Crippen LogP contribution is 2.06. The van der Waals surface area contributed by atoms with E-state index in [0.717, 1.165) is 18.7 Å². The lowest BCUT2D eigenvalue weighted by atomic mass is 10.2. The van der Waals surface area contributed by atoms with E-state index in [1.807, 2.05) is 18.1 Å². The van der Waals surface area contributed by atoms with Crippen molar-refractivity contribution in [2.45, 2.75) is 6.42 Å². The maximum Gasteiger partial charge on any atom is 0.233 e. The summed E-state index contributed by atoms with van der Waals surface area (Å²) in [4.78, 5) is 27.4. The fourth-order valence-electron chi connectivity index (χ4n) is 2.29. The molecule has 1 N–H and O–H groups in total. The molecule has 0 atom stereocenters. The molecule has 7 nitrogen and oxygen atoms in total. The van der Waals surface area contributed by atoms with Gasteiger partial charge in [-0.05, 0) is 5.56 Å². The van der Waals surface area contributed by atoms with Crippen molar-refractivity contribution in [1.82, 2.24) is 24.9 Å². The van der Waals surface area contributed by atoms with Crippen LogP contribution in [0, 0.1) is 0 Å². The molecule has 1 fully saturated rings. The second kappa shape index (κ2) is 6.51. The topological polar surface area (TPSA) is 70.5 Å². The Bertz CT molecular complexity index is 477. The van der Waals surface area contributed by atoms with Gasteiger partial charge in [0, 0.05) is 46.5 Å². The fourth-order valence-corrected chi connectivity index (χ4v) is 2.29. The third kappa shape index (κ3) is 3.80. The van der Waals surface area contributed by atoms with Gasteiger partial charge in [0.2, 0.25) is 11.8 Å². The lowest BCUT2D eigenvalue weighted by molar-refractivity contribution is -0.132. The van der Waals surface area contributed by atoms with Gasteiger partial charge < -0.3 is 10.2 Å². The number of carbonyl (C=O) groups excluding carboxylic acids is 2. The largest absolute Gasteiger partial charge is 0.358 e. The molecule has 0 unspecified atom stereocenters. The highest BCUT2D eigenvalue weighted by Gasteiger charge is 2.22. The Morgan fingerprint density at radius 2 is 2.00 bits per heavy atom. The summed E-state index contributed by atoms with van der Waals surface area (Å²) in [6.07, 6.45) is 3.97. The summed E-state index contributed by atoms with van der Waals surface area (Å²) >= 11 is 0. The van der Waals surface area contributed by atoms with E-state index >= 15 is 0 Å². The Kier molecular flexibility index (Phi) is 4.73. The molecule has 0 saturated carbocycles. The van der Waals surface area contributed by atoms with E-state index in [1.165, 1.54) is 0 Å². The number of rotatable bonds is 4. The number of nitrogens with one attached hydrogen (secondary N) is 1. The molecule has 0 bridgehead atoms. The number of carbonyl (C=O) groups is 2. The molecule has 0 aliphatic carbocycles. The second-order valence-corrected chi connectivity index (χ2v) is 5.03. The highest BCUT2D eigenvalue weighted by atomic mass is 16.2. The minimum absolute atomic E-state index is 0.0140. The minimum atomic E-state index is 0.0140. The van der Waals surface area contributed by atoms with Gasteiger partial charge in [-0.15, -0.1) is 0 Å². The normalized spacial score (nSPS) is 16.2. The molecule has 1 aromatic rings. The van der Waals surface area contributed by atoms with Crippen LogP contribution in [-0.2, 0) is 23.1 Å². The third-order valence-electron chi connectivity index (χ3n) is 3.48. The van der Waals surface area contributed by atoms with Crippen LogP contribution in [0.4, 0.5) is 0 Å². The Balaban J connectivity index is 1.78. The molecule has 2 rings (SSSR count). The second-order valence-electron chi connectivity index (χ2n) is 5.03. The van der Waals surface area contributed by atoms with E-state index in [-0.39, 0.29) is 11.8 Å². The summed E-state index contributed by atoms with van der Waals surface area (Å²) in [6.45, 7) is 3.24. The molecule has 20 heavy (non-hydrogen) atoms. The van der Waals surface area contributed by atoms with Crippen molar-refractivity contribution < 1.29 is 9.59 Å². The summed E-state index contributed by atoms with van der Waals surface area (Å²) < 4.78 is 1.70. The molecule has 1 aliphatic rings. The first-order valence-corrected chi connectivity index (χ1v) is 6.76. The summed E-state index contributed by atoms with van der Waals surface area (Å²) in [5, 5.41) is 6.67. The molecule has 1 saturated heterocycles. The quantitative estimate of drug-likeness (QED) is 0.756. The number of amides is 2. The number of aryl methyl sites for hydroxylation is 1. The van der Waals surface area contributed by atoms with Gasteiger partial charge in [-0.25, -0.2) is 0 Å². The van der Waals surface area contributed by atoms with Crippen LogP contribution in [-0.4, -0.2) is 71.2 Å². The number of aromatic nitrogens is 2. The maximum atomic E-state index is 12.2. The summed E-state index contributed by atoms with van der Waals surface area (Å²) in [5.41, 5.74) is 0.935. The van der Waals surface area contributed by atoms with Gasteiger partial charge in [-0.3, -0.25) is 19.2 Å². The molecule has 2 heterocycles. The number of nitrogens with zero attached hydrogens (tertiary/aromatic N) is 4.